The lowest BCUT2D eigenvalue weighted by Gasteiger charge is -2.28. The van der Waals surface area contributed by atoms with E-state index in [9.17, 15) is 9.59 Å². The monoisotopic (exact) mass is 413 g/mol. The fourth-order valence-corrected chi connectivity index (χ4v) is 3.89. The molecule has 0 aliphatic rings. The number of nitrogens with one attached hydrogen (secondary N) is 1. The fourth-order valence-electron chi connectivity index (χ4n) is 3.89. The molecule has 0 unspecified atom stereocenters. The topological polar surface area (TPSA) is 63.6 Å². The van der Waals surface area contributed by atoms with Gasteiger partial charge in [-0.05, 0) is 50.6 Å². The lowest BCUT2D eigenvalue weighted by molar-refractivity contribution is 0.0926. The highest BCUT2D eigenvalue weighted by atomic mass is 16.5. The van der Waals surface area contributed by atoms with Gasteiger partial charge < -0.3 is 19.5 Å². The maximum atomic E-state index is 13.0. The van der Waals surface area contributed by atoms with Gasteiger partial charge >= 0.3 is 0 Å². The van der Waals surface area contributed by atoms with Gasteiger partial charge in [0.15, 0.2) is 5.43 Å². The summed E-state index contributed by atoms with van der Waals surface area (Å²) in [6.07, 6.45) is 0.594. The van der Waals surface area contributed by atoms with Gasteiger partial charge in [0.1, 0.15) is 11.3 Å². The number of pyridine rings is 1. The molecule has 1 aromatic heterocycles. The third-order valence-corrected chi connectivity index (χ3v) is 5.16. The van der Waals surface area contributed by atoms with Crippen LogP contribution in [-0.2, 0) is 13.0 Å². The summed E-state index contributed by atoms with van der Waals surface area (Å²) >= 11 is 0. The van der Waals surface area contributed by atoms with Gasteiger partial charge in [0.2, 0.25) is 0 Å². The van der Waals surface area contributed by atoms with Crippen molar-refractivity contribution in [2.75, 3.05) is 34.3 Å². The third-order valence-electron chi connectivity index (χ3n) is 5.16. The van der Waals surface area contributed by atoms with Crippen LogP contribution < -0.4 is 15.5 Å². The predicted molar refractivity (Wildman–Crippen MR) is 122 cm³/mol. The minimum Gasteiger partial charge on any atom is -0.497 e. The average molecular weight is 414 g/mol. The Balaban J connectivity index is 2.34. The van der Waals surface area contributed by atoms with Crippen molar-refractivity contribution in [2.24, 2.45) is 5.41 Å². The summed E-state index contributed by atoms with van der Waals surface area (Å²) in [6.45, 7) is 10.0. The number of benzene rings is 1. The Bertz CT molecular complexity index is 928. The number of carbonyl (C=O) groups excluding carboxylic acids is 1. The Morgan fingerprint density at radius 2 is 1.83 bits per heavy atom. The summed E-state index contributed by atoms with van der Waals surface area (Å²) in [5.41, 5.74) is 2.61. The van der Waals surface area contributed by atoms with Crippen LogP contribution in [0.25, 0.3) is 0 Å². The zero-order valence-electron chi connectivity index (χ0n) is 19.3. The summed E-state index contributed by atoms with van der Waals surface area (Å²) in [5.74, 6) is 0.499. The summed E-state index contributed by atoms with van der Waals surface area (Å²) in [7, 11) is 5.66. The number of carbonyl (C=O) groups is 1. The number of rotatable bonds is 9. The largest absolute Gasteiger partial charge is 0.497 e. The molecular weight excluding hydrogens is 378 g/mol. The first-order valence-electron chi connectivity index (χ1n) is 10.4. The van der Waals surface area contributed by atoms with E-state index in [1.54, 1.807) is 13.2 Å². The lowest BCUT2D eigenvalue weighted by atomic mass is 9.92. The number of amides is 1. The summed E-state index contributed by atoms with van der Waals surface area (Å²) < 4.78 is 7.29. The Labute approximate surface area is 179 Å². The van der Waals surface area contributed by atoms with Crippen LogP contribution in [0.2, 0.25) is 0 Å². The first-order chi connectivity index (χ1) is 14.1. The van der Waals surface area contributed by atoms with Crippen molar-refractivity contribution in [2.45, 2.75) is 40.7 Å². The van der Waals surface area contributed by atoms with Crippen molar-refractivity contribution in [1.29, 1.82) is 0 Å². The van der Waals surface area contributed by atoms with Crippen LogP contribution in [0.5, 0.6) is 5.75 Å². The average Bonchev–Trinajstić information content (AvgIpc) is 2.67. The molecule has 0 aliphatic heterocycles. The molecule has 2 rings (SSSR count). The molecule has 0 saturated carbocycles. The smallest absolute Gasteiger partial charge is 0.257 e. The summed E-state index contributed by atoms with van der Waals surface area (Å²) in [6, 6.07) is 9.39. The van der Waals surface area contributed by atoms with Gasteiger partial charge in [-0.1, -0.05) is 32.9 Å². The second-order valence-electron chi connectivity index (χ2n) is 8.84. The lowest BCUT2D eigenvalue weighted by Crippen LogP contribution is -2.41. The molecule has 6 heteroatoms. The standard InChI is InChI=1S/C24H35N3O3/c1-8-20-22(23(29)25-15-24(3,4)16-26(5)6)21(28)13-17(2)27(20)14-18-9-11-19(30-7)12-10-18/h9-13H,8,14-16H2,1-7H3,(H,25,29). The maximum absolute atomic E-state index is 13.0. The molecule has 1 N–H and O–H groups in total. The van der Waals surface area contributed by atoms with E-state index in [0.717, 1.165) is 29.2 Å². The Morgan fingerprint density at radius 3 is 2.37 bits per heavy atom. The predicted octanol–water partition coefficient (Wildman–Crippen LogP) is 3.09. The molecule has 30 heavy (non-hydrogen) atoms. The van der Waals surface area contributed by atoms with E-state index in [4.69, 9.17) is 4.74 Å². The third kappa shape index (κ3) is 5.95. The minimum atomic E-state index is -0.299. The zero-order valence-corrected chi connectivity index (χ0v) is 19.3. The first kappa shape index (κ1) is 23.7. The Morgan fingerprint density at radius 1 is 1.20 bits per heavy atom. The normalized spacial score (nSPS) is 11.6. The molecule has 1 amide bonds. The first-order valence-corrected chi connectivity index (χ1v) is 10.4. The van der Waals surface area contributed by atoms with E-state index in [1.165, 1.54) is 0 Å². The van der Waals surface area contributed by atoms with Gasteiger partial charge in [-0.3, -0.25) is 9.59 Å². The minimum absolute atomic E-state index is 0.0989. The van der Waals surface area contributed by atoms with Crippen LogP contribution in [0.3, 0.4) is 0 Å². The van der Waals surface area contributed by atoms with Crippen LogP contribution in [-0.4, -0.2) is 49.7 Å². The van der Waals surface area contributed by atoms with Crippen LogP contribution in [0.1, 0.15) is 48.1 Å². The quantitative estimate of drug-likeness (QED) is 0.686. The van der Waals surface area contributed by atoms with Gasteiger partial charge in [-0.2, -0.15) is 0 Å². The van der Waals surface area contributed by atoms with Crippen LogP contribution in [0, 0.1) is 12.3 Å². The summed E-state index contributed by atoms with van der Waals surface area (Å²) in [5, 5.41) is 2.99. The molecule has 0 bridgehead atoms. The molecule has 0 saturated heterocycles. The van der Waals surface area contributed by atoms with Crippen LogP contribution >= 0.6 is 0 Å². The molecule has 1 aromatic carbocycles. The maximum Gasteiger partial charge on any atom is 0.257 e. The van der Waals surface area contributed by atoms with Crippen molar-refractivity contribution in [3.8, 4) is 5.75 Å². The Hall–Kier alpha value is -2.60. The Kier molecular flexibility index (Phi) is 7.84. The van der Waals surface area contributed by atoms with E-state index in [2.05, 4.69) is 28.6 Å². The SMILES string of the molecule is CCc1c(C(=O)NCC(C)(C)CN(C)C)c(=O)cc(C)n1Cc1ccc(OC)cc1. The van der Waals surface area contributed by atoms with Crippen molar-refractivity contribution >= 4 is 5.91 Å². The van der Waals surface area contributed by atoms with Crippen molar-refractivity contribution < 1.29 is 9.53 Å². The molecule has 0 atom stereocenters. The number of hydrogen-bond acceptors (Lipinski definition) is 4. The van der Waals surface area contributed by atoms with E-state index >= 15 is 0 Å². The molecular formula is C24H35N3O3. The van der Waals surface area contributed by atoms with Crippen molar-refractivity contribution in [1.82, 2.24) is 14.8 Å². The highest BCUT2D eigenvalue weighted by Gasteiger charge is 2.23. The molecule has 0 aliphatic carbocycles. The second-order valence-corrected chi connectivity index (χ2v) is 8.84. The molecule has 6 nitrogen and oxygen atoms in total. The molecule has 1 heterocycles. The zero-order chi connectivity index (χ0) is 22.5. The second kappa shape index (κ2) is 9.94. The molecule has 2 aromatic rings. The van der Waals surface area contributed by atoms with Gasteiger partial charge in [-0.15, -0.1) is 0 Å². The molecule has 0 radical (unpaired) electrons. The number of hydrogen-bond donors (Lipinski definition) is 1. The van der Waals surface area contributed by atoms with E-state index in [-0.39, 0.29) is 22.3 Å². The van der Waals surface area contributed by atoms with E-state index < -0.39 is 0 Å². The van der Waals surface area contributed by atoms with Crippen LogP contribution in [0.4, 0.5) is 0 Å². The van der Waals surface area contributed by atoms with Gasteiger partial charge in [0.25, 0.3) is 5.91 Å². The van der Waals surface area contributed by atoms with E-state index in [0.29, 0.717) is 19.5 Å². The fraction of sp³-hybridized carbons (Fsp3) is 0.500. The number of aryl methyl sites for hydroxylation is 1. The molecule has 0 spiro atoms. The van der Waals surface area contributed by atoms with Gasteiger partial charge in [0.05, 0.1) is 7.11 Å². The highest BCUT2D eigenvalue weighted by molar-refractivity contribution is 5.95. The summed E-state index contributed by atoms with van der Waals surface area (Å²) in [4.78, 5) is 27.9. The van der Waals surface area contributed by atoms with Crippen molar-refractivity contribution in [3.05, 3.63) is 63.1 Å². The van der Waals surface area contributed by atoms with Crippen molar-refractivity contribution in [3.63, 3.8) is 0 Å². The number of aromatic nitrogens is 1. The van der Waals surface area contributed by atoms with Gasteiger partial charge in [-0.25, -0.2) is 0 Å². The van der Waals surface area contributed by atoms with E-state index in [1.807, 2.05) is 52.2 Å². The number of nitrogens with zero attached hydrogens (tertiary/aromatic N) is 2. The molecule has 0 fully saturated rings. The van der Waals surface area contributed by atoms with Crippen LogP contribution in [0.15, 0.2) is 35.1 Å². The number of ether oxygens (including phenoxy) is 1. The molecule has 164 valence electrons. The highest BCUT2D eigenvalue weighted by Crippen LogP contribution is 2.18. The van der Waals surface area contributed by atoms with Gasteiger partial charge in [0, 0.05) is 37.1 Å². The number of methoxy groups -OCH3 is 1.